The summed E-state index contributed by atoms with van der Waals surface area (Å²) in [5.41, 5.74) is 0.293. The van der Waals surface area contributed by atoms with E-state index in [9.17, 15) is 14.9 Å². The number of carbonyl (C=O) groups is 1. The summed E-state index contributed by atoms with van der Waals surface area (Å²) in [4.78, 5) is 26.8. The molecule has 0 amide bonds. The quantitative estimate of drug-likeness (QED) is 0.320. The fraction of sp³-hybridized carbons (Fsp3) is 0. The maximum absolute atomic E-state index is 12.2. The molecule has 108 valence electrons. The first-order chi connectivity index (χ1) is 10.7. The molecule has 0 N–H and O–H groups in total. The molecule has 0 unspecified atom stereocenters. The Bertz CT molecular complexity index is 862. The third-order valence-electron chi connectivity index (χ3n) is 3.11. The van der Waals surface area contributed by atoms with E-state index in [1.165, 1.54) is 12.3 Å². The average molecular weight is 294 g/mol. The third-order valence-corrected chi connectivity index (χ3v) is 3.11. The van der Waals surface area contributed by atoms with Crippen LogP contribution in [0.4, 0.5) is 5.69 Å². The number of nitro groups is 1. The molecule has 6 nitrogen and oxygen atoms in total. The van der Waals surface area contributed by atoms with Gasteiger partial charge in [0.15, 0.2) is 0 Å². The van der Waals surface area contributed by atoms with Crippen molar-refractivity contribution in [2.75, 3.05) is 0 Å². The van der Waals surface area contributed by atoms with Crippen molar-refractivity contribution in [2.24, 2.45) is 0 Å². The summed E-state index contributed by atoms with van der Waals surface area (Å²) in [5, 5.41) is 11.8. The molecule has 0 fully saturated rings. The van der Waals surface area contributed by atoms with Gasteiger partial charge in [-0.3, -0.25) is 15.1 Å². The van der Waals surface area contributed by atoms with E-state index >= 15 is 0 Å². The SMILES string of the molecule is O=C(Oc1c([N+](=O)[O-])ccc2cccnc12)c1ccccc1. The number of hydrogen-bond donors (Lipinski definition) is 0. The molecule has 1 aromatic heterocycles. The molecule has 0 spiro atoms. The minimum Gasteiger partial charge on any atom is -0.413 e. The summed E-state index contributed by atoms with van der Waals surface area (Å²) >= 11 is 0. The lowest BCUT2D eigenvalue weighted by Gasteiger charge is -2.07. The lowest BCUT2D eigenvalue weighted by molar-refractivity contribution is -0.385. The van der Waals surface area contributed by atoms with Gasteiger partial charge in [-0.05, 0) is 24.3 Å². The molecule has 2 aromatic carbocycles. The van der Waals surface area contributed by atoms with Gasteiger partial charge < -0.3 is 4.74 Å². The van der Waals surface area contributed by atoms with E-state index in [0.717, 1.165) is 0 Å². The number of pyridine rings is 1. The van der Waals surface area contributed by atoms with Crippen molar-refractivity contribution in [1.82, 2.24) is 4.98 Å². The van der Waals surface area contributed by atoms with E-state index < -0.39 is 10.9 Å². The Morgan fingerprint density at radius 3 is 2.55 bits per heavy atom. The highest BCUT2D eigenvalue weighted by Crippen LogP contribution is 2.34. The van der Waals surface area contributed by atoms with E-state index in [1.54, 1.807) is 48.5 Å². The van der Waals surface area contributed by atoms with Crippen LogP contribution in [0.25, 0.3) is 10.9 Å². The topological polar surface area (TPSA) is 82.3 Å². The fourth-order valence-electron chi connectivity index (χ4n) is 2.08. The molecule has 0 aliphatic heterocycles. The molecular weight excluding hydrogens is 284 g/mol. The van der Waals surface area contributed by atoms with E-state index in [2.05, 4.69) is 4.98 Å². The highest BCUT2D eigenvalue weighted by Gasteiger charge is 2.22. The summed E-state index contributed by atoms with van der Waals surface area (Å²) in [6.45, 7) is 0. The zero-order valence-electron chi connectivity index (χ0n) is 11.3. The minimum absolute atomic E-state index is 0.142. The highest BCUT2D eigenvalue weighted by molar-refractivity contribution is 5.96. The fourth-order valence-corrected chi connectivity index (χ4v) is 2.08. The molecular formula is C16H10N2O4. The third kappa shape index (κ3) is 2.49. The van der Waals surface area contributed by atoms with Crippen molar-refractivity contribution >= 4 is 22.6 Å². The standard InChI is InChI=1S/C16H10N2O4/c19-16(12-5-2-1-3-6-12)22-15-13(18(20)21)9-8-11-7-4-10-17-14(11)15/h1-10H. The lowest BCUT2D eigenvalue weighted by atomic mass is 10.2. The molecule has 0 bridgehead atoms. The monoisotopic (exact) mass is 294 g/mol. The van der Waals surface area contributed by atoms with Crippen LogP contribution in [-0.2, 0) is 0 Å². The van der Waals surface area contributed by atoms with Gasteiger partial charge >= 0.3 is 11.7 Å². The first-order valence-corrected chi connectivity index (χ1v) is 6.46. The summed E-state index contributed by atoms with van der Waals surface area (Å²) < 4.78 is 5.26. The number of esters is 1. The zero-order chi connectivity index (χ0) is 15.5. The maximum Gasteiger partial charge on any atom is 0.343 e. The predicted molar refractivity (Wildman–Crippen MR) is 79.8 cm³/mol. The number of nitrogens with zero attached hydrogens (tertiary/aromatic N) is 2. The molecule has 0 saturated carbocycles. The Kier molecular flexibility index (Phi) is 3.49. The normalized spacial score (nSPS) is 10.4. The van der Waals surface area contributed by atoms with Gasteiger partial charge in [0.1, 0.15) is 5.52 Å². The van der Waals surface area contributed by atoms with Crippen LogP contribution in [0.1, 0.15) is 10.4 Å². The second kappa shape index (κ2) is 5.61. The van der Waals surface area contributed by atoms with E-state index in [0.29, 0.717) is 10.9 Å². The van der Waals surface area contributed by atoms with Gasteiger partial charge in [-0.15, -0.1) is 0 Å². The highest BCUT2D eigenvalue weighted by atomic mass is 16.6. The number of hydrogen-bond acceptors (Lipinski definition) is 5. The summed E-state index contributed by atoms with van der Waals surface area (Å²) in [6.07, 6.45) is 1.49. The molecule has 0 aliphatic rings. The van der Waals surface area contributed by atoms with E-state index in [-0.39, 0.29) is 17.0 Å². The van der Waals surface area contributed by atoms with Crippen molar-refractivity contribution in [3.8, 4) is 5.75 Å². The number of nitro benzene ring substituents is 1. The van der Waals surface area contributed by atoms with E-state index in [1.807, 2.05) is 0 Å². The second-order valence-electron chi connectivity index (χ2n) is 4.50. The zero-order valence-corrected chi connectivity index (χ0v) is 11.3. The van der Waals surface area contributed by atoms with Gasteiger partial charge in [-0.25, -0.2) is 4.79 Å². The smallest absolute Gasteiger partial charge is 0.343 e. The number of ether oxygens (including phenoxy) is 1. The van der Waals surface area contributed by atoms with Crippen LogP contribution in [0.3, 0.4) is 0 Å². The second-order valence-corrected chi connectivity index (χ2v) is 4.50. The Hall–Kier alpha value is -3.28. The molecule has 0 saturated heterocycles. The first-order valence-electron chi connectivity index (χ1n) is 6.46. The van der Waals surface area contributed by atoms with Gasteiger partial charge in [0.2, 0.25) is 5.75 Å². The number of benzene rings is 2. The molecule has 22 heavy (non-hydrogen) atoms. The largest absolute Gasteiger partial charge is 0.413 e. The van der Waals surface area contributed by atoms with Crippen LogP contribution in [0.2, 0.25) is 0 Å². The number of fused-ring (bicyclic) bond motifs is 1. The Morgan fingerprint density at radius 2 is 1.82 bits per heavy atom. The summed E-state index contributed by atoms with van der Waals surface area (Å²) in [5.74, 6) is -0.807. The molecule has 0 atom stereocenters. The molecule has 1 heterocycles. The molecule has 3 aromatic rings. The van der Waals surface area contributed by atoms with Crippen LogP contribution in [0.5, 0.6) is 5.75 Å². The molecule has 6 heteroatoms. The predicted octanol–water partition coefficient (Wildman–Crippen LogP) is 3.36. The van der Waals surface area contributed by atoms with Crippen molar-refractivity contribution in [1.29, 1.82) is 0 Å². The van der Waals surface area contributed by atoms with Gasteiger partial charge in [-0.2, -0.15) is 0 Å². The lowest BCUT2D eigenvalue weighted by Crippen LogP contribution is -2.10. The molecule has 0 radical (unpaired) electrons. The van der Waals surface area contributed by atoms with Crippen LogP contribution in [-0.4, -0.2) is 15.9 Å². The van der Waals surface area contributed by atoms with Crippen molar-refractivity contribution in [2.45, 2.75) is 0 Å². The number of carbonyl (C=O) groups excluding carboxylic acids is 1. The van der Waals surface area contributed by atoms with Crippen LogP contribution in [0, 0.1) is 10.1 Å². The summed E-state index contributed by atoms with van der Waals surface area (Å²) in [7, 11) is 0. The van der Waals surface area contributed by atoms with Crippen LogP contribution < -0.4 is 4.74 Å². The van der Waals surface area contributed by atoms with Crippen molar-refractivity contribution < 1.29 is 14.5 Å². The van der Waals surface area contributed by atoms with Crippen molar-refractivity contribution in [3.05, 3.63) is 76.5 Å². The molecule has 3 rings (SSSR count). The van der Waals surface area contributed by atoms with Crippen LogP contribution in [0.15, 0.2) is 60.8 Å². The van der Waals surface area contributed by atoms with E-state index in [4.69, 9.17) is 4.74 Å². The van der Waals surface area contributed by atoms with Gasteiger partial charge in [0, 0.05) is 17.6 Å². The van der Waals surface area contributed by atoms with Gasteiger partial charge in [0.05, 0.1) is 10.5 Å². The summed E-state index contributed by atoms with van der Waals surface area (Å²) in [6, 6.07) is 14.6. The van der Waals surface area contributed by atoms with Crippen molar-refractivity contribution in [3.63, 3.8) is 0 Å². The Morgan fingerprint density at radius 1 is 1.05 bits per heavy atom. The Labute approximate surface area is 125 Å². The Balaban J connectivity index is 2.10. The maximum atomic E-state index is 12.2. The van der Waals surface area contributed by atoms with Crippen LogP contribution >= 0.6 is 0 Å². The number of aromatic nitrogens is 1. The van der Waals surface area contributed by atoms with Gasteiger partial charge in [-0.1, -0.05) is 24.3 Å². The average Bonchev–Trinajstić information content (AvgIpc) is 2.55. The number of rotatable bonds is 3. The minimum atomic E-state index is -0.665. The van der Waals surface area contributed by atoms with Gasteiger partial charge in [0.25, 0.3) is 0 Å². The first kappa shape index (κ1) is 13.7. The molecule has 0 aliphatic carbocycles.